The molecular formula is C32H34N4. The smallest absolute Gasteiger partial charge is 0.0465 e. The highest BCUT2D eigenvalue weighted by Crippen LogP contribution is 2.33. The van der Waals surface area contributed by atoms with Crippen molar-refractivity contribution < 1.29 is 0 Å². The second-order valence-electron chi connectivity index (χ2n) is 10.2. The molecule has 0 saturated carbocycles. The Morgan fingerprint density at radius 2 is 1.25 bits per heavy atom. The first-order valence-electron chi connectivity index (χ1n) is 13.0. The maximum absolute atomic E-state index is 6.29. The molecule has 4 aromatic carbocycles. The van der Waals surface area contributed by atoms with E-state index >= 15 is 0 Å². The van der Waals surface area contributed by atoms with Crippen LogP contribution >= 0.6 is 0 Å². The molecule has 1 aliphatic heterocycles. The van der Waals surface area contributed by atoms with E-state index in [1.165, 1.54) is 63.1 Å². The summed E-state index contributed by atoms with van der Waals surface area (Å²) in [5.41, 5.74) is 13.5. The fraction of sp³-hybridized carbons (Fsp3) is 0.250. The monoisotopic (exact) mass is 474 g/mol. The van der Waals surface area contributed by atoms with Gasteiger partial charge in [0.05, 0.1) is 0 Å². The lowest BCUT2D eigenvalue weighted by Gasteiger charge is -2.16. The molecule has 4 heteroatoms. The Labute approximate surface area is 212 Å². The number of likely N-dealkylation sites (tertiary alicyclic amines) is 1. The van der Waals surface area contributed by atoms with Crippen LogP contribution in [0.3, 0.4) is 0 Å². The van der Waals surface area contributed by atoms with Gasteiger partial charge >= 0.3 is 0 Å². The quantitative estimate of drug-likeness (QED) is 0.255. The summed E-state index contributed by atoms with van der Waals surface area (Å²) in [5.74, 6) is 0.158. The van der Waals surface area contributed by atoms with Crippen molar-refractivity contribution in [3.05, 3.63) is 96.1 Å². The first-order valence-corrected chi connectivity index (χ1v) is 13.0. The molecule has 1 aliphatic rings. The average molecular weight is 475 g/mol. The van der Waals surface area contributed by atoms with Gasteiger partial charge in [-0.15, -0.1) is 0 Å². The molecule has 182 valence electrons. The number of aromatic nitrogens is 2. The molecule has 1 unspecified atom stereocenters. The number of H-pyrrole nitrogens is 2. The molecule has 0 amide bonds. The SMILES string of the molecule is CC1CCCN1C.NCC(c1ccc2[nH]c3ccccc3c2c1)c1ccc2[nH]c3ccccc3c2c1. The molecule has 1 fully saturated rings. The Balaban J connectivity index is 0.000000299. The van der Waals surface area contributed by atoms with Gasteiger partial charge < -0.3 is 20.6 Å². The zero-order valence-corrected chi connectivity index (χ0v) is 21.1. The van der Waals surface area contributed by atoms with Crippen LogP contribution in [-0.4, -0.2) is 41.0 Å². The van der Waals surface area contributed by atoms with Crippen LogP contribution in [0.1, 0.15) is 36.8 Å². The number of rotatable bonds is 3. The minimum atomic E-state index is 0.158. The molecule has 0 radical (unpaired) electrons. The predicted octanol–water partition coefficient (Wildman–Crippen LogP) is 7.15. The van der Waals surface area contributed by atoms with E-state index < -0.39 is 0 Å². The third kappa shape index (κ3) is 4.06. The van der Waals surface area contributed by atoms with Crippen LogP contribution in [0.2, 0.25) is 0 Å². The standard InChI is InChI=1S/C26H21N3.C6H13N/c27-15-22(16-9-11-25-20(13-16)18-5-1-3-7-23(18)28-25)17-10-12-26-21(14-17)19-6-2-4-8-24(19)29-26;1-6-4-3-5-7(6)2/h1-14,22,28-29H,15,27H2;6H,3-5H2,1-2H3. The summed E-state index contributed by atoms with van der Waals surface area (Å²) in [6, 6.07) is 31.1. The summed E-state index contributed by atoms with van der Waals surface area (Å²) in [5, 5.41) is 5.02. The lowest BCUT2D eigenvalue weighted by atomic mass is 9.89. The summed E-state index contributed by atoms with van der Waals surface area (Å²) in [4.78, 5) is 9.42. The van der Waals surface area contributed by atoms with Gasteiger partial charge in [-0.1, -0.05) is 48.5 Å². The summed E-state index contributed by atoms with van der Waals surface area (Å²) < 4.78 is 0. The third-order valence-corrected chi connectivity index (χ3v) is 7.99. The number of para-hydroxylation sites is 2. The Morgan fingerprint density at radius 1 is 0.750 bits per heavy atom. The number of benzene rings is 4. The highest BCUT2D eigenvalue weighted by Gasteiger charge is 2.16. The lowest BCUT2D eigenvalue weighted by molar-refractivity contribution is 0.331. The highest BCUT2D eigenvalue weighted by atomic mass is 15.1. The zero-order chi connectivity index (χ0) is 24.6. The van der Waals surface area contributed by atoms with Gasteiger partial charge in [-0.3, -0.25) is 0 Å². The number of hydrogen-bond acceptors (Lipinski definition) is 2. The number of aromatic amines is 2. The van der Waals surface area contributed by atoms with Crippen LogP contribution in [0.5, 0.6) is 0 Å². The lowest BCUT2D eigenvalue weighted by Crippen LogP contribution is -2.20. The summed E-state index contributed by atoms with van der Waals surface area (Å²) >= 11 is 0. The average Bonchev–Trinajstić information content (AvgIpc) is 3.59. The molecule has 6 aromatic rings. The van der Waals surface area contributed by atoms with Crippen molar-refractivity contribution in [2.45, 2.75) is 31.7 Å². The van der Waals surface area contributed by atoms with Gasteiger partial charge in [-0.05, 0) is 80.9 Å². The number of hydrogen-bond donors (Lipinski definition) is 3. The second-order valence-corrected chi connectivity index (χ2v) is 10.2. The van der Waals surface area contributed by atoms with Gasteiger partial charge in [-0.25, -0.2) is 0 Å². The van der Waals surface area contributed by atoms with Crippen LogP contribution in [0.25, 0.3) is 43.6 Å². The topological polar surface area (TPSA) is 60.8 Å². The van der Waals surface area contributed by atoms with Crippen molar-refractivity contribution in [1.82, 2.24) is 14.9 Å². The van der Waals surface area contributed by atoms with Gasteiger partial charge in [0, 0.05) is 62.1 Å². The van der Waals surface area contributed by atoms with Crippen LogP contribution in [0.4, 0.5) is 0 Å². The molecule has 1 saturated heterocycles. The van der Waals surface area contributed by atoms with E-state index in [1.54, 1.807) is 0 Å². The molecule has 1 atom stereocenters. The fourth-order valence-corrected chi connectivity index (χ4v) is 5.71. The highest BCUT2D eigenvalue weighted by molar-refractivity contribution is 6.08. The maximum Gasteiger partial charge on any atom is 0.0465 e. The summed E-state index contributed by atoms with van der Waals surface area (Å²) in [6.07, 6.45) is 2.80. The van der Waals surface area contributed by atoms with Gasteiger partial charge in [0.15, 0.2) is 0 Å². The summed E-state index contributed by atoms with van der Waals surface area (Å²) in [7, 11) is 2.19. The molecule has 3 heterocycles. The van der Waals surface area contributed by atoms with Gasteiger partial charge in [0.2, 0.25) is 0 Å². The first-order chi connectivity index (χ1) is 17.6. The molecule has 0 spiro atoms. The van der Waals surface area contributed by atoms with E-state index in [2.05, 4.69) is 114 Å². The first kappa shape index (κ1) is 22.8. The predicted molar refractivity (Wildman–Crippen MR) is 154 cm³/mol. The molecule has 0 aliphatic carbocycles. The Kier molecular flexibility index (Phi) is 6.00. The molecule has 4 N–H and O–H groups in total. The van der Waals surface area contributed by atoms with Crippen molar-refractivity contribution >= 4 is 43.6 Å². The zero-order valence-electron chi connectivity index (χ0n) is 21.1. The molecule has 2 aromatic heterocycles. The number of fused-ring (bicyclic) bond motifs is 6. The largest absolute Gasteiger partial charge is 0.355 e. The second kappa shape index (κ2) is 9.45. The minimum Gasteiger partial charge on any atom is -0.355 e. The molecule has 4 nitrogen and oxygen atoms in total. The molecular weight excluding hydrogens is 440 g/mol. The van der Waals surface area contributed by atoms with Crippen molar-refractivity contribution in [1.29, 1.82) is 0 Å². The minimum absolute atomic E-state index is 0.158. The van der Waals surface area contributed by atoms with E-state index in [1.807, 2.05) is 0 Å². The van der Waals surface area contributed by atoms with Crippen molar-refractivity contribution in [2.24, 2.45) is 5.73 Å². The number of nitrogens with zero attached hydrogens (tertiary/aromatic N) is 1. The van der Waals surface area contributed by atoms with Gasteiger partial charge in [-0.2, -0.15) is 0 Å². The Hall–Kier alpha value is -3.60. The number of nitrogens with two attached hydrogens (primary N) is 1. The van der Waals surface area contributed by atoms with E-state index in [0.717, 1.165) is 17.1 Å². The number of nitrogens with one attached hydrogen (secondary N) is 2. The van der Waals surface area contributed by atoms with Crippen molar-refractivity contribution in [2.75, 3.05) is 20.1 Å². The third-order valence-electron chi connectivity index (χ3n) is 7.99. The van der Waals surface area contributed by atoms with Crippen LogP contribution in [0.15, 0.2) is 84.9 Å². The van der Waals surface area contributed by atoms with Crippen LogP contribution in [0, 0.1) is 0 Å². The van der Waals surface area contributed by atoms with Gasteiger partial charge in [0.25, 0.3) is 0 Å². The Morgan fingerprint density at radius 3 is 1.67 bits per heavy atom. The van der Waals surface area contributed by atoms with Crippen molar-refractivity contribution in [3.8, 4) is 0 Å². The van der Waals surface area contributed by atoms with Crippen LogP contribution in [-0.2, 0) is 0 Å². The van der Waals surface area contributed by atoms with Gasteiger partial charge in [0.1, 0.15) is 0 Å². The van der Waals surface area contributed by atoms with E-state index in [9.17, 15) is 0 Å². The molecule has 0 bridgehead atoms. The van der Waals surface area contributed by atoms with E-state index in [4.69, 9.17) is 5.73 Å². The van der Waals surface area contributed by atoms with Crippen molar-refractivity contribution in [3.63, 3.8) is 0 Å². The maximum atomic E-state index is 6.29. The van der Waals surface area contributed by atoms with E-state index in [-0.39, 0.29) is 5.92 Å². The Bertz CT molecular complexity index is 1540. The molecule has 7 rings (SSSR count). The van der Waals surface area contributed by atoms with Crippen LogP contribution < -0.4 is 5.73 Å². The summed E-state index contributed by atoms with van der Waals surface area (Å²) in [6.45, 7) is 4.16. The fourth-order valence-electron chi connectivity index (χ4n) is 5.71. The normalized spacial score (nSPS) is 16.4. The molecule has 36 heavy (non-hydrogen) atoms. The van der Waals surface area contributed by atoms with E-state index in [0.29, 0.717) is 6.54 Å².